The molecule has 38 heavy (non-hydrogen) atoms. The van der Waals surface area contributed by atoms with Crippen molar-refractivity contribution in [3.8, 4) is 0 Å². The molecule has 2 aromatic heterocycles. The molecule has 0 aliphatic carbocycles. The molecule has 2 N–H and O–H groups in total. The second-order valence-electron chi connectivity index (χ2n) is 8.65. The van der Waals surface area contributed by atoms with E-state index in [1.54, 1.807) is 24.4 Å². The second-order valence-corrected chi connectivity index (χ2v) is 9.44. The predicted octanol–water partition coefficient (Wildman–Crippen LogP) is 5.46. The van der Waals surface area contributed by atoms with Crippen molar-refractivity contribution in [2.24, 2.45) is 0 Å². The number of nitrogens with zero attached hydrogens (tertiary/aromatic N) is 6. The Hall–Kier alpha value is -3.95. The smallest absolute Gasteiger partial charge is 0.255 e. The summed E-state index contributed by atoms with van der Waals surface area (Å²) >= 11 is 12.6. The zero-order chi connectivity index (χ0) is 26.5. The van der Waals surface area contributed by atoms with Gasteiger partial charge in [0.05, 0.1) is 15.7 Å². The van der Waals surface area contributed by atoms with E-state index < -0.39 is 0 Å². The van der Waals surface area contributed by atoms with Gasteiger partial charge in [-0.05, 0) is 36.4 Å². The van der Waals surface area contributed by atoms with E-state index in [9.17, 15) is 4.79 Å². The standard InChI is InChI=1S/C27H26Cl2N8O/c1-2-22-32-26(33-23-17-18(11-12-30-23)25(38)31-19-7-4-3-5-8-19)35-27(34-22)37-15-13-36(14-16-37)21-10-6-9-20(28)24(21)29/h3-12,17H,2,13-16H2,1H3,(H,31,38)(H,30,32,33,34,35). The summed E-state index contributed by atoms with van der Waals surface area (Å²) in [6, 6.07) is 18.3. The van der Waals surface area contributed by atoms with Crippen molar-refractivity contribution in [2.45, 2.75) is 13.3 Å². The number of amides is 1. The highest BCUT2D eigenvalue weighted by Crippen LogP contribution is 2.33. The average Bonchev–Trinajstić information content (AvgIpc) is 2.95. The lowest BCUT2D eigenvalue weighted by Crippen LogP contribution is -2.47. The van der Waals surface area contributed by atoms with Gasteiger partial charge in [-0.15, -0.1) is 0 Å². The molecule has 0 unspecified atom stereocenters. The summed E-state index contributed by atoms with van der Waals surface area (Å²) in [6.07, 6.45) is 2.22. The molecule has 1 saturated heterocycles. The molecule has 1 aliphatic rings. The van der Waals surface area contributed by atoms with Crippen LogP contribution in [0.4, 0.5) is 29.1 Å². The van der Waals surface area contributed by atoms with Crippen LogP contribution >= 0.6 is 23.2 Å². The van der Waals surface area contributed by atoms with E-state index in [4.69, 9.17) is 23.2 Å². The first-order valence-corrected chi connectivity index (χ1v) is 13.0. The average molecular weight is 549 g/mol. The van der Waals surface area contributed by atoms with Gasteiger partial charge < -0.3 is 20.4 Å². The van der Waals surface area contributed by atoms with Gasteiger partial charge in [0, 0.05) is 50.0 Å². The minimum absolute atomic E-state index is 0.232. The van der Waals surface area contributed by atoms with Gasteiger partial charge >= 0.3 is 0 Å². The van der Waals surface area contributed by atoms with Crippen LogP contribution < -0.4 is 20.4 Å². The van der Waals surface area contributed by atoms with Crippen molar-refractivity contribution in [1.82, 2.24) is 19.9 Å². The highest BCUT2D eigenvalue weighted by molar-refractivity contribution is 6.43. The van der Waals surface area contributed by atoms with Gasteiger partial charge in [0.2, 0.25) is 11.9 Å². The van der Waals surface area contributed by atoms with Crippen LogP contribution in [0.3, 0.4) is 0 Å². The molecule has 0 bridgehead atoms. The van der Waals surface area contributed by atoms with Gasteiger partial charge in [-0.25, -0.2) is 4.98 Å². The quantitative estimate of drug-likeness (QED) is 0.314. The lowest BCUT2D eigenvalue weighted by atomic mass is 10.2. The van der Waals surface area contributed by atoms with E-state index in [2.05, 4.69) is 40.4 Å². The summed E-state index contributed by atoms with van der Waals surface area (Å²) in [5.74, 6) is 1.86. The Morgan fingerprint density at radius 3 is 2.45 bits per heavy atom. The van der Waals surface area contributed by atoms with Crippen LogP contribution in [-0.2, 0) is 6.42 Å². The number of rotatable bonds is 7. The van der Waals surface area contributed by atoms with Crippen molar-refractivity contribution in [3.05, 3.63) is 88.3 Å². The number of para-hydroxylation sites is 1. The van der Waals surface area contributed by atoms with Crippen molar-refractivity contribution in [2.75, 3.05) is 46.6 Å². The van der Waals surface area contributed by atoms with Gasteiger partial charge in [0.1, 0.15) is 11.6 Å². The topological polar surface area (TPSA) is 99.2 Å². The molecule has 2 aromatic carbocycles. The largest absolute Gasteiger partial charge is 0.367 e. The van der Waals surface area contributed by atoms with E-state index in [1.807, 2.05) is 49.4 Å². The number of hydrogen-bond acceptors (Lipinski definition) is 8. The minimum atomic E-state index is -0.232. The highest BCUT2D eigenvalue weighted by Gasteiger charge is 2.22. The number of pyridine rings is 1. The van der Waals surface area contributed by atoms with Crippen LogP contribution in [0.1, 0.15) is 23.1 Å². The molecule has 5 rings (SSSR count). The Labute approximate surface area is 230 Å². The van der Waals surface area contributed by atoms with Gasteiger partial charge in [0.15, 0.2) is 0 Å². The first-order valence-electron chi connectivity index (χ1n) is 12.3. The normalized spacial score (nSPS) is 13.3. The molecular formula is C27H26Cl2N8O. The zero-order valence-corrected chi connectivity index (χ0v) is 22.2. The predicted molar refractivity (Wildman–Crippen MR) is 152 cm³/mol. The first-order chi connectivity index (χ1) is 18.5. The number of carbonyl (C=O) groups is 1. The van der Waals surface area contributed by atoms with Crippen LogP contribution in [0, 0.1) is 0 Å². The summed E-state index contributed by atoms with van der Waals surface area (Å²) < 4.78 is 0. The van der Waals surface area contributed by atoms with Crippen molar-refractivity contribution in [3.63, 3.8) is 0 Å². The second kappa shape index (κ2) is 11.6. The molecule has 1 aliphatic heterocycles. The number of hydrogen-bond donors (Lipinski definition) is 2. The molecule has 0 atom stereocenters. The molecule has 0 saturated carbocycles. The van der Waals surface area contributed by atoms with E-state index in [0.29, 0.717) is 58.7 Å². The molecule has 11 heteroatoms. The number of halogens is 2. The number of aromatic nitrogens is 4. The van der Waals surface area contributed by atoms with Crippen LogP contribution in [0.25, 0.3) is 0 Å². The number of carbonyl (C=O) groups excluding carboxylic acids is 1. The first kappa shape index (κ1) is 25.7. The van der Waals surface area contributed by atoms with Crippen molar-refractivity contribution in [1.29, 1.82) is 0 Å². The molecule has 0 spiro atoms. The Morgan fingerprint density at radius 2 is 1.68 bits per heavy atom. The van der Waals surface area contributed by atoms with E-state index in [-0.39, 0.29) is 5.91 Å². The van der Waals surface area contributed by atoms with Gasteiger partial charge in [-0.1, -0.05) is 54.4 Å². The SMILES string of the molecule is CCc1nc(Nc2cc(C(=O)Nc3ccccc3)ccn2)nc(N2CCN(c3cccc(Cl)c3Cl)CC2)n1. The fraction of sp³-hybridized carbons (Fsp3) is 0.222. The van der Waals surface area contributed by atoms with Gasteiger partial charge in [-0.3, -0.25) is 4.79 Å². The highest BCUT2D eigenvalue weighted by atomic mass is 35.5. The maximum atomic E-state index is 12.7. The number of piperazine rings is 1. The summed E-state index contributed by atoms with van der Waals surface area (Å²) in [7, 11) is 0. The van der Waals surface area contributed by atoms with Crippen LogP contribution in [-0.4, -0.2) is 52.0 Å². The van der Waals surface area contributed by atoms with Crippen LogP contribution in [0.5, 0.6) is 0 Å². The Morgan fingerprint density at radius 1 is 0.921 bits per heavy atom. The molecule has 4 aromatic rings. The molecule has 0 radical (unpaired) electrons. The van der Waals surface area contributed by atoms with Crippen LogP contribution in [0.2, 0.25) is 10.0 Å². The maximum absolute atomic E-state index is 12.7. The van der Waals surface area contributed by atoms with Gasteiger partial charge in [-0.2, -0.15) is 15.0 Å². The summed E-state index contributed by atoms with van der Waals surface area (Å²) in [5, 5.41) is 7.13. The third-order valence-corrected chi connectivity index (χ3v) is 6.92. The number of benzene rings is 2. The Bertz CT molecular complexity index is 1430. The van der Waals surface area contributed by atoms with E-state index in [1.165, 1.54) is 0 Å². The van der Waals surface area contributed by atoms with Gasteiger partial charge in [0.25, 0.3) is 5.91 Å². The Kier molecular flexibility index (Phi) is 7.86. The van der Waals surface area contributed by atoms with E-state index >= 15 is 0 Å². The molecule has 1 fully saturated rings. The maximum Gasteiger partial charge on any atom is 0.255 e. The fourth-order valence-electron chi connectivity index (χ4n) is 4.13. The summed E-state index contributed by atoms with van der Waals surface area (Å²) in [4.78, 5) is 35.2. The summed E-state index contributed by atoms with van der Waals surface area (Å²) in [5.41, 5.74) is 2.11. The number of aryl methyl sites for hydroxylation is 1. The monoisotopic (exact) mass is 548 g/mol. The van der Waals surface area contributed by atoms with Crippen LogP contribution in [0.15, 0.2) is 66.9 Å². The molecule has 9 nitrogen and oxygen atoms in total. The number of nitrogens with one attached hydrogen (secondary N) is 2. The minimum Gasteiger partial charge on any atom is -0.367 e. The molecule has 194 valence electrons. The van der Waals surface area contributed by atoms with E-state index in [0.717, 1.165) is 24.5 Å². The Balaban J connectivity index is 1.29. The number of anilines is 5. The molecular weight excluding hydrogens is 523 g/mol. The zero-order valence-electron chi connectivity index (χ0n) is 20.7. The third kappa shape index (κ3) is 5.95. The lowest BCUT2D eigenvalue weighted by molar-refractivity contribution is 0.102. The molecule has 3 heterocycles. The van der Waals surface area contributed by atoms with Crippen molar-refractivity contribution < 1.29 is 4.79 Å². The third-order valence-electron chi connectivity index (χ3n) is 6.11. The summed E-state index contributed by atoms with van der Waals surface area (Å²) in [6.45, 7) is 4.91. The fourth-order valence-corrected chi connectivity index (χ4v) is 4.54. The van der Waals surface area contributed by atoms with Crippen molar-refractivity contribution >= 4 is 58.2 Å². The molecule has 1 amide bonds. The lowest BCUT2D eigenvalue weighted by Gasteiger charge is -2.36.